The molecule has 0 aromatic heterocycles. The van der Waals surface area contributed by atoms with E-state index in [1.165, 1.54) is 0 Å². The van der Waals surface area contributed by atoms with Crippen LogP contribution in [0.4, 0.5) is 0 Å². The summed E-state index contributed by atoms with van der Waals surface area (Å²) in [6, 6.07) is 4.51. The second-order valence-corrected chi connectivity index (χ2v) is 5.66. The predicted molar refractivity (Wildman–Crippen MR) is 87.3 cm³/mol. The molecule has 6 nitrogen and oxygen atoms in total. The van der Waals surface area contributed by atoms with E-state index in [1.807, 2.05) is 26.8 Å². The lowest BCUT2D eigenvalue weighted by molar-refractivity contribution is -0.141. The summed E-state index contributed by atoms with van der Waals surface area (Å²) in [6.07, 6.45) is 1.94. The Morgan fingerprint density at radius 3 is 2.26 bits per heavy atom. The Morgan fingerprint density at radius 2 is 1.74 bits per heavy atom. The van der Waals surface area contributed by atoms with Crippen molar-refractivity contribution >= 4 is 17.8 Å². The zero-order valence-corrected chi connectivity index (χ0v) is 13.8. The molecule has 6 heteroatoms. The van der Waals surface area contributed by atoms with Gasteiger partial charge in [0.25, 0.3) is 5.91 Å². The SMILES string of the molecule is CCCCC(NC(=O)CNC(=O)c1cc(C)cc(C)c1)C(=O)O. The van der Waals surface area contributed by atoms with Crippen LogP contribution in [-0.2, 0) is 9.59 Å². The van der Waals surface area contributed by atoms with Gasteiger partial charge in [0.15, 0.2) is 0 Å². The molecule has 1 atom stereocenters. The second kappa shape index (κ2) is 8.92. The first-order valence-corrected chi connectivity index (χ1v) is 7.72. The van der Waals surface area contributed by atoms with E-state index < -0.39 is 17.9 Å². The van der Waals surface area contributed by atoms with Crippen molar-refractivity contribution in [2.24, 2.45) is 0 Å². The van der Waals surface area contributed by atoms with Gasteiger partial charge >= 0.3 is 5.97 Å². The summed E-state index contributed by atoms with van der Waals surface area (Å²) >= 11 is 0. The molecule has 0 saturated carbocycles. The van der Waals surface area contributed by atoms with Crippen molar-refractivity contribution in [3.05, 3.63) is 34.9 Å². The molecule has 1 rings (SSSR count). The fourth-order valence-electron chi connectivity index (χ4n) is 2.28. The van der Waals surface area contributed by atoms with Crippen molar-refractivity contribution < 1.29 is 19.5 Å². The highest BCUT2D eigenvalue weighted by molar-refractivity contribution is 5.97. The summed E-state index contributed by atoms with van der Waals surface area (Å²) in [7, 11) is 0. The number of benzene rings is 1. The molecular weight excluding hydrogens is 296 g/mol. The highest BCUT2D eigenvalue weighted by Gasteiger charge is 2.19. The zero-order chi connectivity index (χ0) is 17.4. The third kappa shape index (κ3) is 6.50. The Kier molecular flexibility index (Phi) is 7.25. The number of hydrogen-bond acceptors (Lipinski definition) is 3. The van der Waals surface area contributed by atoms with Gasteiger partial charge in [-0.05, 0) is 32.4 Å². The van der Waals surface area contributed by atoms with Crippen molar-refractivity contribution in [1.29, 1.82) is 0 Å². The molecule has 2 amide bonds. The summed E-state index contributed by atoms with van der Waals surface area (Å²) < 4.78 is 0. The van der Waals surface area contributed by atoms with Gasteiger partial charge in [0.2, 0.25) is 5.91 Å². The molecule has 1 aromatic rings. The Balaban J connectivity index is 2.54. The topological polar surface area (TPSA) is 95.5 Å². The molecule has 0 aliphatic carbocycles. The van der Waals surface area contributed by atoms with Gasteiger partial charge < -0.3 is 15.7 Å². The minimum Gasteiger partial charge on any atom is -0.480 e. The molecule has 0 heterocycles. The molecule has 0 fully saturated rings. The normalized spacial score (nSPS) is 11.6. The van der Waals surface area contributed by atoms with Crippen molar-refractivity contribution in [3.63, 3.8) is 0 Å². The van der Waals surface area contributed by atoms with Gasteiger partial charge in [-0.25, -0.2) is 4.79 Å². The number of unbranched alkanes of at least 4 members (excludes halogenated alkanes) is 1. The summed E-state index contributed by atoms with van der Waals surface area (Å²) in [6.45, 7) is 5.48. The number of carbonyl (C=O) groups is 3. The van der Waals surface area contributed by atoms with Crippen molar-refractivity contribution in [3.8, 4) is 0 Å². The number of rotatable bonds is 8. The number of nitrogens with one attached hydrogen (secondary N) is 2. The molecule has 0 saturated heterocycles. The van der Waals surface area contributed by atoms with Crippen LogP contribution in [0.3, 0.4) is 0 Å². The summed E-state index contributed by atoms with van der Waals surface area (Å²) in [4.78, 5) is 34.9. The van der Waals surface area contributed by atoms with Crippen LogP contribution in [-0.4, -0.2) is 35.5 Å². The minimum absolute atomic E-state index is 0.248. The van der Waals surface area contributed by atoms with Gasteiger partial charge in [-0.15, -0.1) is 0 Å². The smallest absolute Gasteiger partial charge is 0.326 e. The highest BCUT2D eigenvalue weighted by Crippen LogP contribution is 2.08. The fraction of sp³-hybridized carbons (Fsp3) is 0.471. The van der Waals surface area contributed by atoms with Crippen molar-refractivity contribution in [2.75, 3.05) is 6.54 Å². The monoisotopic (exact) mass is 320 g/mol. The Labute approximate surface area is 136 Å². The fourth-order valence-corrected chi connectivity index (χ4v) is 2.28. The van der Waals surface area contributed by atoms with E-state index in [9.17, 15) is 14.4 Å². The number of hydrogen-bond donors (Lipinski definition) is 3. The first-order chi connectivity index (χ1) is 10.8. The van der Waals surface area contributed by atoms with Crippen LogP contribution in [0.5, 0.6) is 0 Å². The zero-order valence-electron chi connectivity index (χ0n) is 13.8. The van der Waals surface area contributed by atoms with Crippen LogP contribution in [0.1, 0.15) is 47.7 Å². The van der Waals surface area contributed by atoms with Gasteiger partial charge in [-0.2, -0.15) is 0 Å². The van der Waals surface area contributed by atoms with Crippen molar-refractivity contribution in [1.82, 2.24) is 10.6 Å². The quantitative estimate of drug-likeness (QED) is 0.680. The molecule has 126 valence electrons. The van der Waals surface area contributed by atoms with Gasteiger partial charge in [0.05, 0.1) is 6.54 Å². The first kappa shape index (κ1) is 18.7. The van der Waals surface area contributed by atoms with Gasteiger partial charge in [0.1, 0.15) is 6.04 Å². The lowest BCUT2D eigenvalue weighted by atomic mass is 10.1. The molecular formula is C17H24N2O4. The summed E-state index contributed by atoms with van der Waals surface area (Å²) in [5.41, 5.74) is 2.41. The van der Waals surface area contributed by atoms with Crippen molar-refractivity contribution in [2.45, 2.75) is 46.1 Å². The Hall–Kier alpha value is -2.37. The van der Waals surface area contributed by atoms with E-state index in [4.69, 9.17) is 5.11 Å². The van der Waals surface area contributed by atoms with Crippen LogP contribution in [0.2, 0.25) is 0 Å². The molecule has 23 heavy (non-hydrogen) atoms. The minimum atomic E-state index is -1.06. The van der Waals surface area contributed by atoms with Crippen LogP contribution in [0, 0.1) is 13.8 Å². The second-order valence-electron chi connectivity index (χ2n) is 5.66. The number of carboxylic acid groups (broad SMARTS) is 1. The average molecular weight is 320 g/mol. The molecule has 0 bridgehead atoms. The standard InChI is InChI=1S/C17H24N2O4/c1-4-5-6-14(17(22)23)19-15(20)10-18-16(21)13-8-11(2)7-12(3)9-13/h7-9,14H,4-6,10H2,1-3H3,(H,18,21)(H,19,20)(H,22,23). The number of aliphatic carboxylic acids is 1. The van der Waals surface area contributed by atoms with E-state index >= 15 is 0 Å². The third-order valence-corrected chi connectivity index (χ3v) is 3.37. The van der Waals surface area contributed by atoms with Gasteiger partial charge in [-0.1, -0.05) is 37.0 Å². The predicted octanol–water partition coefficient (Wildman–Crippen LogP) is 1.79. The maximum Gasteiger partial charge on any atom is 0.326 e. The van der Waals surface area contributed by atoms with Gasteiger partial charge in [-0.3, -0.25) is 9.59 Å². The maximum atomic E-state index is 12.0. The maximum absolute atomic E-state index is 12.0. The third-order valence-electron chi connectivity index (χ3n) is 3.37. The molecule has 0 aliphatic rings. The molecule has 0 spiro atoms. The highest BCUT2D eigenvalue weighted by atomic mass is 16.4. The average Bonchev–Trinajstić information content (AvgIpc) is 2.47. The van der Waals surface area contributed by atoms with E-state index in [1.54, 1.807) is 12.1 Å². The van der Waals surface area contributed by atoms with E-state index in [2.05, 4.69) is 10.6 Å². The van der Waals surface area contributed by atoms with E-state index in [0.717, 1.165) is 17.5 Å². The van der Waals surface area contributed by atoms with E-state index in [0.29, 0.717) is 18.4 Å². The molecule has 1 unspecified atom stereocenters. The van der Waals surface area contributed by atoms with Crippen LogP contribution in [0.25, 0.3) is 0 Å². The first-order valence-electron chi connectivity index (χ1n) is 7.72. The lowest BCUT2D eigenvalue weighted by Gasteiger charge is -2.14. The lowest BCUT2D eigenvalue weighted by Crippen LogP contribution is -2.45. The summed E-state index contributed by atoms with van der Waals surface area (Å²) in [5, 5.41) is 14.0. The molecule has 3 N–H and O–H groups in total. The largest absolute Gasteiger partial charge is 0.480 e. The molecule has 1 aromatic carbocycles. The van der Waals surface area contributed by atoms with Crippen LogP contribution >= 0.6 is 0 Å². The number of aryl methyl sites for hydroxylation is 2. The van der Waals surface area contributed by atoms with E-state index in [-0.39, 0.29) is 12.5 Å². The number of carboxylic acids is 1. The Morgan fingerprint density at radius 1 is 1.13 bits per heavy atom. The molecule has 0 radical (unpaired) electrons. The van der Waals surface area contributed by atoms with Gasteiger partial charge in [0, 0.05) is 5.56 Å². The summed E-state index contributed by atoms with van der Waals surface area (Å²) in [5.74, 6) is -1.92. The number of carbonyl (C=O) groups excluding carboxylic acids is 2. The molecule has 0 aliphatic heterocycles. The number of amides is 2. The van der Waals surface area contributed by atoms with Crippen LogP contribution < -0.4 is 10.6 Å². The Bertz CT molecular complexity index is 564. The van der Waals surface area contributed by atoms with Crippen LogP contribution in [0.15, 0.2) is 18.2 Å².